The Bertz CT molecular complexity index is 195. The second-order valence-corrected chi connectivity index (χ2v) is 2.64. The van der Waals surface area contributed by atoms with Gasteiger partial charge in [0.25, 0.3) is 16.8 Å². The lowest BCUT2D eigenvalue weighted by Crippen LogP contribution is -2.03. The number of allylic oxidation sites excluding steroid dienone is 1. The zero-order valence-corrected chi connectivity index (χ0v) is 11.2. The zero-order valence-electron chi connectivity index (χ0n) is 9.54. The number of nitrogens with two attached hydrogens (primary N) is 2. The van der Waals surface area contributed by atoms with Gasteiger partial charge in [-0.05, 0) is 31.4 Å². The predicted molar refractivity (Wildman–Crippen MR) is 76.9 cm³/mol. The highest BCUT2D eigenvalue weighted by Crippen LogP contribution is 1.62. The van der Waals surface area contributed by atoms with E-state index in [1.54, 1.807) is 6.08 Å². The Hall–Kier alpha value is -1.67. The summed E-state index contributed by atoms with van der Waals surface area (Å²) in [7, 11) is 0. The van der Waals surface area contributed by atoms with Crippen molar-refractivity contribution in [1.29, 1.82) is 0 Å². The molecule has 0 atom stereocenters. The van der Waals surface area contributed by atoms with E-state index in [0.717, 1.165) is 0 Å². The first-order chi connectivity index (χ1) is 7.79. The Labute approximate surface area is 112 Å². The number of hydrogen-bond donors (Lipinski definition) is 4. The van der Waals surface area contributed by atoms with Crippen molar-refractivity contribution in [3.05, 3.63) is 25.3 Å². The quantitative estimate of drug-likeness (QED) is 0.263. The lowest BCUT2D eigenvalue weighted by Gasteiger charge is -1.82. The summed E-state index contributed by atoms with van der Waals surface area (Å²) >= 11 is 7.74. The molecule has 8 heteroatoms. The molecular formula is C9H18N2O4S2. The van der Waals surface area contributed by atoms with Crippen molar-refractivity contribution in [2.45, 2.75) is 6.92 Å². The van der Waals surface area contributed by atoms with E-state index in [1.807, 2.05) is 6.92 Å². The topological polar surface area (TPSA) is 119 Å². The number of aliphatic hydroxyl groups is 2. The van der Waals surface area contributed by atoms with Crippen LogP contribution in [0.25, 0.3) is 0 Å². The van der Waals surface area contributed by atoms with E-state index >= 15 is 0 Å². The number of carbonyl (C=O) groups excluding carboxylic acids is 1. The molecule has 0 saturated carbocycles. The lowest BCUT2D eigenvalue weighted by molar-refractivity contribution is -0.127. The van der Waals surface area contributed by atoms with Crippen LogP contribution in [0.5, 0.6) is 0 Å². The number of ether oxygens (including phenoxy) is 1. The average molecular weight is 282 g/mol. The Morgan fingerprint density at radius 1 is 1.29 bits per heavy atom. The molecule has 100 valence electrons. The number of thiocarbonyl (C=S) groups is 2. The van der Waals surface area contributed by atoms with Crippen molar-refractivity contribution in [3.8, 4) is 0 Å². The van der Waals surface area contributed by atoms with Gasteiger partial charge in [0.1, 0.15) is 6.61 Å². The van der Waals surface area contributed by atoms with E-state index in [2.05, 4.69) is 53.8 Å². The van der Waals surface area contributed by atoms with Gasteiger partial charge in [0.05, 0.1) is 0 Å². The Balaban J connectivity index is -0.0000000688. The van der Waals surface area contributed by atoms with Crippen LogP contribution in [0.15, 0.2) is 25.3 Å². The molecule has 0 spiro atoms. The maximum atomic E-state index is 9.29. The fraction of sp³-hybridized carbons (Fsp3) is 0.222. The molecule has 6 N–H and O–H groups in total. The Morgan fingerprint density at radius 3 is 1.59 bits per heavy atom. The first kappa shape index (κ1) is 24.5. The number of carbonyl (C=O) groups is 1. The molecule has 0 aromatic heterocycles. The fourth-order valence-electron chi connectivity index (χ4n) is 0.107. The maximum Gasteiger partial charge on any atom is 0.293 e. The Kier molecular flexibility index (Phi) is 42.2. The van der Waals surface area contributed by atoms with Crippen LogP contribution in [0.2, 0.25) is 0 Å². The van der Waals surface area contributed by atoms with Crippen LogP contribution in [-0.2, 0) is 9.53 Å². The molecule has 0 aliphatic rings. The van der Waals surface area contributed by atoms with Crippen molar-refractivity contribution in [2.75, 3.05) is 6.61 Å². The maximum absolute atomic E-state index is 9.29. The van der Waals surface area contributed by atoms with E-state index in [0.29, 0.717) is 13.1 Å². The third-order valence-corrected chi connectivity index (χ3v) is 0.282. The smallest absolute Gasteiger partial charge is 0.293 e. The third-order valence-electron chi connectivity index (χ3n) is 0.282. The predicted octanol–water partition coefficient (Wildman–Crippen LogP) is 1.11. The van der Waals surface area contributed by atoms with Gasteiger partial charge in [-0.25, -0.2) is 0 Å². The van der Waals surface area contributed by atoms with Gasteiger partial charge in [-0.2, -0.15) is 0 Å². The first-order valence-corrected chi connectivity index (χ1v) is 4.81. The molecule has 17 heavy (non-hydrogen) atoms. The van der Waals surface area contributed by atoms with E-state index < -0.39 is 10.3 Å². The van der Waals surface area contributed by atoms with Gasteiger partial charge in [0, 0.05) is 0 Å². The molecule has 0 amide bonds. The highest BCUT2D eigenvalue weighted by atomic mass is 32.1. The molecule has 0 aliphatic carbocycles. The minimum Gasteiger partial charge on any atom is -0.487 e. The molecule has 0 aromatic carbocycles. The second kappa shape index (κ2) is 29.3. The molecule has 6 nitrogen and oxygen atoms in total. The zero-order chi connectivity index (χ0) is 14.7. The number of hydrogen-bond acceptors (Lipinski definition) is 4. The molecule has 0 rings (SSSR count). The largest absolute Gasteiger partial charge is 0.487 e. The molecule has 0 aliphatic heterocycles. The standard InChI is InChI=1S/C4H6O2.C3H6.2CH3NOS/c1-2-3-6-4-5;1-3-2;2*2-1(3)4/h2,4H,1,3H2;3H,1H2,2H3;2*(H3,2,3,4). The van der Waals surface area contributed by atoms with E-state index in [1.165, 1.54) is 6.08 Å². The van der Waals surface area contributed by atoms with Gasteiger partial charge in [-0.3, -0.25) is 4.79 Å². The van der Waals surface area contributed by atoms with Crippen molar-refractivity contribution < 1.29 is 19.7 Å². The minimum atomic E-state index is -0.500. The summed E-state index contributed by atoms with van der Waals surface area (Å²) < 4.78 is 4.18. The van der Waals surface area contributed by atoms with E-state index in [9.17, 15) is 4.79 Å². The minimum absolute atomic E-state index is 0.309. The van der Waals surface area contributed by atoms with Crippen molar-refractivity contribution in [2.24, 2.45) is 11.5 Å². The average Bonchev–Trinajstić information content (AvgIpc) is 2.14. The molecular weight excluding hydrogens is 264 g/mol. The van der Waals surface area contributed by atoms with Crippen LogP contribution < -0.4 is 11.5 Å². The van der Waals surface area contributed by atoms with Gasteiger partial charge in [-0.15, -0.1) is 6.58 Å². The molecule has 0 aromatic rings. The molecule has 0 fully saturated rings. The van der Waals surface area contributed by atoms with E-state index in [4.69, 9.17) is 10.2 Å². The van der Waals surface area contributed by atoms with Crippen LogP contribution in [0.3, 0.4) is 0 Å². The summed E-state index contributed by atoms with van der Waals surface area (Å²) in [6.45, 7) is 9.26. The highest BCUT2D eigenvalue weighted by molar-refractivity contribution is 7.80. The molecule has 0 heterocycles. The summed E-state index contributed by atoms with van der Waals surface area (Å²) in [6.07, 6.45) is 3.26. The monoisotopic (exact) mass is 282 g/mol. The van der Waals surface area contributed by atoms with Crippen molar-refractivity contribution in [3.63, 3.8) is 0 Å². The lowest BCUT2D eigenvalue weighted by atomic mass is 10.7. The fourth-order valence-corrected chi connectivity index (χ4v) is 0.107. The summed E-state index contributed by atoms with van der Waals surface area (Å²) in [5.41, 5.74) is 8.80. The summed E-state index contributed by atoms with van der Waals surface area (Å²) in [6, 6.07) is 0. The van der Waals surface area contributed by atoms with Crippen LogP contribution in [0.1, 0.15) is 6.92 Å². The SMILES string of the molecule is C=CC.C=CCOC=O.NC(O)=S.NC(O)=S. The van der Waals surface area contributed by atoms with Crippen LogP contribution >= 0.6 is 24.4 Å². The molecule has 0 unspecified atom stereocenters. The van der Waals surface area contributed by atoms with Gasteiger partial charge in [-0.1, -0.05) is 18.7 Å². The van der Waals surface area contributed by atoms with Crippen molar-refractivity contribution in [1.82, 2.24) is 0 Å². The van der Waals surface area contributed by atoms with Gasteiger partial charge in [0.15, 0.2) is 0 Å². The summed E-state index contributed by atoms with van der Waals surface area (Å²) in [5, 5.41) is 14.1. The second-order valence-electron chi connectivity index (χ2n) is 1.80. The van der Waals surface area contributed by atoms with Gasteiger partial charge < -0.3 is 26.4 Å². The summed E-state index contributed by atoms with van der Waals surface area (Å²) in [4.78, 5) is 9.29. The van der Waals surface area contributed by atoms with Crippen molar-refractivity contribution >= 4 is 41.3 Å². The van der Waals surface area contributed by atoms with E-state index in [-0.39, 0.29) is 0 Å². The first-order valence-electron chi connectivity index (χ1n) is 3.99. The Morgan fingerprint density at radius 2 is 1.53 bits per heavy atom. The van der Waals surface area contributed by atoms with Crippen LogP contribution in [0.4, 0.5) is 0 Å². The van der Waals surface area contributed by atoms with Gasteiger partial charge in [0.2, 0.25) is 0 Å². The highest BCUT2D eigenvalue weighted by Gasteiger charge is 1.65. The summed E-state index contributed by atoms with van der Waals surface area (Å²) in [5.74, 6) is 0. The normalized spacial score (nSPS) is 5.94. The van der Waals surface area contributed by atoms with Crippen LogP contribution in [0, 0.1) is 0 Å². The molecule has 0 radical (unpaired) electrons. The van der Waals surface area contributed by atoms with Crippen LogP contribution in [-0.4, -0.2) is 33.6 Å². The molecule has 0 saturated heterocycles. The number of aliphatic hydroxyl groups excluding tert-OH is 2. The molecule has 0 bridgehead atoms. The van der Waals surface area contributed by atoms with Gasteiger partial charge >= 0.3 is 0 Å². The number of rotatable bonds is 3. The third kappa shape index (κ3) is 1230.